The fourth-order valence-electron chi connectivity index (χ4n) is 7.99. The molecule has 3 saturated heterocycles. The largest absolute Gasteiger partial charge is 0.336 e. The Balaban J connectivity index is 1.05. The zero-order chi connectivity index (χ0) is 30.7. The summed E-state index contributed by atoms with van der Waals surface area (Å²) in [5.41, 5.74) is 6.08. The summed E-state index contributed by atoms with van der Waals surface area (Å²) in [6.07, 6.45) is 5.41. The Morgan fingerprint density at radius 1 is 0.977 bits per heavy atom. The minimum absolute atomic E-state index is 0.147. The number of rotatable bonds is 5. The van der Waals surface area contributed by atoms with Gasteiger partial charge in [0.05, 0.1) is 0 Å². The maximum Gasteiger partial charge on any atom is 0.255 e. The van der Waals surface area contributed by atoms with E-state index >= 15 is 0 Å². The summed E-state index contributed by atoms with van der Waals surface area (Å²) in [5, 5.41) is 3.07. The molecule has 9 heteroatoms. The van der Waals surface area contributed by atoms with Crippen molar-refractivity contribution in [1.82, 2.24) is 20.0 Å². The number of piperazine rings is 1. The van der Waals surface area contributed by atoms with E-state index in [0.717, 1.165) is 79.6 Å². The zero-order valence-electron chi connectivity index (χ0n) is 25.4. The molecule has 0 aromatic heterocycles. The number of likely N-dealkylation sites (tertiary alicyclic amines) is 1. The number of carbonyl (C=O) groups is 4. The normalized spacial score (nSPS) is 26.7. The molecule has 3 fully saturated rings. The van der Waals surface area contributed by atoms with Gasteiger partial charge in [-0.2, -0.15) is 0 Å². The van der Waals surface area contributed by atoms with Crippen LogP contribution in [-0.2, 0) is 27.5 Å². The number of piperidine rings is 1. The van der Waals surface area contributed by atoms with Gasteiger partial charge in [-0.15, -0.1) is 0 Å². The van der Waals surface area contributed by atoms with Crippen molar-refractivity contribution in [2.75, 3.05) is 13.1 Å². The number of hydrogen-bond donors (Lipinski definition) is 1. The number of amides is 4. The number of hydrogen-bond acceptors (Lipinski definition) is 5. The lowest BCUT2D eigenvalue weighted by molar-refractivity contribution is -0.137. The predicted molar refractivity (Wildman–Crippen MR) is 167 cm³/mol. The average molecular weight is 615 g/mol. The van der Waals surface area contributed by atoms with Crippen LogP contribution in [0, 0.1) is 5.41 Å². The summed E-state index contributed by atoms with van der Waals surface area (Å²) >= 11 is 6.18. The van der Waals surface area contributed by atoms with E-state index in [4.69, 9.17) is 11.6 Å². The molecular formula is C35H39ClN4O4. The first-order valence-corrected chi connectivity index (χ1v) is 16.2. The van der Waals surface area contributed by atoms with E-state index in [9.17, 15) is 19.2 Å². The minimum atomic E-state index is -0.608. The average Bonchev–Trinajstić information content (AvgIpc) is 3.41. The van der Waals surface area contributed by atoms with Crippen LogP contribution < -0.4 is 5.32 Å². The molecule has 44 heavy (non-hydrogen) atoms. The molecule has 4 aliphatic heterocycles. The van der Waals surface area contributed by atoms with Crippen molar-refractivity contribution in [2.24, 2.45) is 5.41 Å². The Hall–Kier alpha value is -3.49. The summed E-state index contributed by atoms with van der Waals surface area (Å²) in [6, 6.07) is 13.9. The van der Waals surface area contributed by atoms with Gasteiger partial charge in [-0.3, -0.25) is 29.4 Å². The molecule has 2 aromatic rings. The number of carbonyl (C=O) groups excluding carboxylic acids is 4. The third kappa shape index (κ3) is 5.36. The Bertz CT molecular complexity index is 1570. The summed E-state index contributed by atoms with van der Waals surface area (Å²) in [4.78, 5) is 57.5. The number of halogens is 1. The van der Waals surface area contributed by atoms with Gasteiger partial charge < -0.3 is 9.80 Å². The lowest BCUT2D eigenvalue weighted by atomic mass is 9.72. The monoisotopic (exact) mass is 614 g/mol. The highest BCUT2D eigenvalue weighted by molar-refractivity contribution is 6.30. The van der Waals surface area contributed by atoms with Crippen molar-refractivity contribution in [1.29, 1.82) is 0 Å². The molecule has 1 aliphatic carbocycles. The SMILES string of the molecule is CC1(C)CCC(C(=O)N2CC3CCC(C2)N3Cc2ccc3c(c2)CN(C2CCC(=O)NC2=O)C3=O)=C(c2ccc(Cl)cc2)C1. The Kier molecular flexibility index (Phi) is 7.40. The molecule has 0 spiro atoms. The predicted octanol–water partition coefficient (Wildman–Crippen LogP) is 4.94. The van der Waals surface area contributed by atoms with Crippen molar-refractivity contribution >= 4 is 40.8 Å². The number of nitrogens with one attached hydrogen (secondary N) is 1. The first kappa shape index (κ1) is 29.2. The van der Waals surface area contributed by atoms with Crippen molar-refractivity contribution in [2.45, 2.75) is 90.0 Å². The fraction of sp³-hybridized carbons (Fsp3) is 0.486. The van der Waals surface area contributed by atoms with Crippen molar-refractivity contribution in [3.8, 4) is 0 Å². The second-order valence-corrected chi connectivity index (χ2v) is 14.4. The highest BCUT2D eigenvalue weighted by Crippen LogP contribution is 2.44. The second kappa shape index (κ2) is 11.1. The summed E-state index contributed by atoms with van der Waals surface area (Å²) in [7, 11) is 0. The van der Waals surface area contributed by atoms with E-state index in [1.165, 1.54) is 0 Å². The van der Waals surface area contributed by atoms with Gasteiger partial charge in [-0.05, 0) is 84.4 Å². The number of imide groups is 1. The van der Waals surface area contributed by atoms with E-state index in [-0.39, 0.29) is 35.5 Å². The molecule has 8 nitrogen and oxygen atoms in total. The van der Waals surface area contributed by atoms with Gasteiger partial charge in [0.2, 0.25) is 17.7 Å². The molecule has 5 aliphatic rings. The van der Waals surface area contributed by atoms with Gasteiger partial charge >= 0.3 is 0 Å². The first-order valence-electron chi connectivity index (χ1n) is 15.9. The highest BCUT2D eigenvalue weighted by atomic mass is 35.5. The van der Waals surface area contributed by atoms with Crippen molar-refractivity contribution in [3.63, 3.8) is 0 Å². The first-order chi connectivity index (χ1) is 21.1. The lowest BCUT2D eigenvalue weighted by Crippen LogP contribution is -2.55. The highest BCUT2D eigenvalue weighted by Gasteiger charge is 2.43. The van der Waals surface area contributed by atoms with Crippen molar-refractivity contribution in [3.05, 3.63) is 75.3 Å². The van der Waals surface area contributed by atoms with E-state index in [2.05, 4.69) is 35.0 Å². The summed E-state index contributed by atoms with van der Waals surface area (Å²) < 4.78 is 0. The van der Waals surface area contributed by atoms with Gasteiger partial charge in [0.25, 0.3) is 5.91 Å². The molecule has 2 bridgehead atoms. The van der Waals surface area contributed by atoms with Crippen LogP contribution >= 0.6 is 11.6 Å². The molecule has 4 heterocycles. The van der Waals surface area contributed by atoms with Crippen LogP contribution in [0.4, 0.5) is 0 Å². The maximum atomic E-state index is 14.1. The number of fused-ring (bicyclic) bond motifs is 3. The Labute approximate surface area is 263 Å². The van der Waals surface area contributed by atoms with Crippen LogP contribution in [0.25, 0.3) is 5.57 Å². The third-order valence-electron chi connectivity index (χ3n) is 10.4. The van der Waals surface area contributed by atoms with Crippen molar-refractivity contribution < 1.29 is 19.2 Å². The maximum absolute atomic E-state index is 14.1. The summed E-state index contributed by atoms with van der Waals surface area (Å²) in [5.74, 6) is -0.631. The molecule has 230 valence electrons. The Morgan fingerprint density at radius 2 is 1.70 bits per heavy atom. The van der Waals surface area contributed by atoms with Crippen LogP contribution in [0.15, 0.2) is 48.0 Å². The third-order valence-corrected chi connectivity index (χ3v) is 10.6. The lowest BCUT2D eigenvalue weighted by Gasteiger charge is -2.42. The van der Waals surface area contributed by atoms with Gasteiger partial charge in [-0.1, -0.05) is 49.7 Å². The van der Waals surface area contributed by atoms with E-state index in [0.29, 0.717) is 35.6 Å². The van der Waals surface area contributed by atoms with E-state index in [1.54, 1.807) is 4.90 Å². The van der Waals surface area contributed by atoms with Crippen LogP contribution in [-0.4, -0.2) is 69.5 Å². The molecule has 7 rings (SSSR count). The smallest absolute Gasteiger partial charge is 0.255 e. The topological polar surface area (TPSA) is 90.0 Å². The molecule has 0 saturated carbocycles. The van der Waals surface area contributed by atoms with E-state index in [1.807, 2.05) is 36.4 Å². The molecule has 3 atom stereocenters. The fourth-order valence-corrected chi connectivity index (χ4v) is 8.12. The molecule has 0 radical (unpaired) electrons. The molecule has 3 unspecified atom stereocenters. The quantitative estimate of drug-likeness (QED) is 0.482. The zero-order valence-corrected chi connectivity index (χ0v) is 26.2. The Morgan fingerprint density at radius 3 is 2.41 bits per heavy atom. The number of benzene rings is 2. The number of nitrogens with zero attached hydrogens (tertiary/aromatic N) is 3. The summed E-state index contributed by atoms with van der Waals surface area (Å²) in [6.45, 7) is 7.16. The van der Waals surface area contributed by atoms with Crippen LogP contribution in [0.5, 0.6) is 0 Å². The van der Waals surface area contributed by atoms with Crippen LogP contribution in [0.2, 0.25) is 5.02 Å². The van der Waals surface area contributed by atoms with E-state index < -0.39 is 6.04 Å². The standard InChI is InChI=1S/C35H39ClN4O4/c1-35(2)14-13-28(29(16-35)22-4-6-24(36)7-5-22)33(43)38-19-25-8-9-26(20-38)39(25)17-21-3-10-27-23(15-21)18-40(34(27)44)30-11-12-31(41)37-32(30)42/h3-7,10,15,25-26,30H,8-9,11-14,16-20H2,1-2H3,(H,37,41,42). The van der Waals surface area contributed by atoms with Crippen LogP contribution in [0.1, 0.15) is 85.8 Å². The number of allylic oxidation sites excluding steroid dienone is 1. The molecule has 4 amide bonds. The van der Waals surface area contributed by atoms with Crippen LogP contribution in [0.3, 0.4) is 0 Å². The van der Waals surface area contributed by atoms with Gasteiger partial charge in [0.15, 0.2) is 0 Å². The van der Waals surface area contributed by atoms with Gasteiger partial charge in [0, 0.05) is 60.8 Å². The molecular weight excluding hydrogens is 576 g/mol. The molecule has 1 N–H and O–H groups in total. The molecule has 2 aromatic carbocycles. The van der Waals surface area contributed by atoms with Gasteiger partial charge in [-0.25, -0.2) is 0 Å². The second-order valence-electron chi connectivity index (χ2n) is 14.0. The van der Waals surface area contributed by atoms with Gasteiger partial charge in [0.1, 0.15) is 6.04 Å². The minimum Gasteiger partial charge on any atom is -0.336 e.